The van der Waals surface area contributed by atoms with Gasteiger partial charge in [0.15, 0.2) is 0 Å². The van der Waals surface area contributed by atoms with E-state index in [9.17, 15) is 8.42 Å². The Labute approximate surface area is 88.2 Å². The van der Waals surface area contributed by atoms with E-state index in [1.807, 2.05) is 0 Å². The maximum absolute atomic E-state index is 11.2. The molecule has 0 heterocycles. The minimum atomic E-state index is -2.76. The summed E-state index contributed by atoms with van der Waals surface area (Å²) in [5, 5.41) is 3.26. The average molecular weight is 221 g/mol. The fourth-order valence-electron chi connectivity index (χ4n) is 1.29. The zero-order valence-electron chi connectivity index (χ0n) is 9.54. The van der Waals surface area contributed by atoms with E-state index in [1.54, 1.807) is 6.92 Å². The van der Waals surface area contributed by atoms with Crippen molar-refractivity contribution in [2.24, 2.45) is 5.92 Å². The lowest BCUT2D eigenvalue weighted by Crippen LogP contribution is -2.21. The molecule has 1 unspecified atom stereocenters. The number of rotatable bonds is 8. The monoisotopic (exact) mass is 221 g/mol. The van der Waals surface area contributed by atoms with Crippen molar-refractivity contribution in [1.82, 2.24) is 5.32 Å². The summed E-state index contributed by atoms with van der Waals surface area (Å²) in [6, 6.07) is 0. The first-order valence-corrected chi connectivity index (χ1v) is 7.25. The topological polar surface area (TPSA) is 46.2 Å². The van der Waals surface area contributed by atoms with Gasteiger partial charge in [0, 0.05) is 5.75 Å². The van der Waals surface area contributed by atoms with Gasteiger partial charge in [-0.2, -0.15) is 0 Å². The highest BCUT2D eigenvalue weighted by molar-refractivity contribution is 7.91. The maximum atomic E-state index is 11.2. The van der Waals surface area contributed by atoms with Crippen molar-refractivity contribution in [2.45, 2.75) is 33.6 Å². The predicted molar refractivity (Wildman–Crippen MR) is 61.3 cm³/mol. The molecule has 86 valence electrons. The second-order valence-corrected chi connectivity index (χ2v) is 6.26. The van der Waals surface area contributed by atoms with Crippen molar-refractivity contribution in [3.05, 3.63) is 0 Å². The SMILES string of the molecule is CCNCC(C)CCCS(=O)(=O)CC. The first-order valence-electron chi connectivity index (χ1n) is 5.43. The third-order valence-corrected chi connectivity index (χ3v) is 4.13. The fourth-order valence-corrected chi connectivity index (χ4v) is 2.18. The van der Waals surface area contributed by atoms with Crippen LogP contribution < -0.4 is 5.32 Å². The van der Waals surface area contributed by atoms with E-state index in [4.69, 9.17) is 0 Å². The summed E-state index contributed by atoms with van der Waals surface area (Å²) in [4.78, 5) is 0. The Morgan fingerprint density at radius 1 is 1.29 bits per heavy atom. The second-order valence-electron chi connectivity index (χ2n) is 3.79. The molecule has 0 aromatic heterocycles. The van der Waals surface area contributed by atoms with Crippen LogP contribution in [-0.4, -0.2) is 33.0 Å². The molecule has 0 spiro atoms. The first-order chi connectivity index (χ1) is 6.52. The number of sulfone groups is 1. The first kappa shape index (κ1) is 13.9. The molecular weight excluding hydrogens is 198 g/mol. The molecule has 0 amide bonds. The van der Waals surface area contributed by atoms with Crippen LogP contribution in [0.1, 0.15) is 33.6 Å². The molecule has 0 fully saturated rings. The molecule has 0 aliphatic heterocycles. The van der Waals surface area contributed by atoms with Gasteiger partial charge in [-0.05, 0) is 31.8 Å². The molecule has 0 aliphatic carbocycles. The predicted octanol–water partition coefficient (Wildman–Crippen LogP) is 1.45. The molecular formula is C10H23NO2S. The van der Waals surface area contributed by atoms with Crippen LogP contribution in [0.3, 0.4) is 0 Å². The van der Waals surface area contributed by atoms with Crippen LogP contribution in [0, 0.1) is 5.92 Å². The third-order valence-electron chi connectivity index (χ3n) is 2.33. The van der Waals surface area contributed by atoms with Crippen LogP contribution in [0.2, 0.25) is 0 Å². The van der Waals surface area contributed by atoms with Gasteiger partial charge in [-0.25, -0.2) is 8.42 Å². The Balaban J connectivity index is 3.54. The molecule has 1 atom stereocenters. The van der Waals surface area contributed by atoms with Gasteiger partial charge in [0.2, 0.25) is 0 Å². The molecule has 0 aromatic rings. The van der Waals surface area contributed by atoms with Gasteiger partial charge in [0.25, 0.3) is 0 Å². The molecule has 14 heavy (non-hydrogen) atoms. The quantitative estimate of drug-likeness (QED) is 0.675. The van der Waals surface area contributed by atoms with Crippen LogP contribution in [0.25, 0.3) is 0 Å². The largest absolute Gasteiger partial charge is 0.317 e. The van der Waals surface area contributed by atoms with Gasteiger partial charge in [0.05, 0.1) is 5.75 Å². The van der Waals surface area contributed by atoms with Gasteiger partial charge < -0.3 is 5.32 Å². The van der Waals surface area contributed by atoms with E-state index in [0.717, 1.165) is 25.9 Å². The lowest BCUT2D eigenvalue weighted by atomic mass is 10.1. The lowest BCUT2D eigenvalue weighted by molar-refractivity contribution is 0.482. The van der Waals surface area contributed by atoms with Crippen LogP contribution in [0.15, 0.2) is 0 Å². The molecule has 0 saturated heterocycles. The Kier molecular flexibility index (Phi) is 7.19. The highest BCUT2D eigenvalue weighted by atomic mass is 32.2. The molecule has 0 radical (unpaired) electrons. The van der Waals surface area contributed by atoms with Crippen LogP contribution in [0.5, 0.6) is 0 Å². The lowest BCUT2D eigenvalue weighted by Gasteiger charge is -2.11. The van der Waals surface area contributed by atoms with Crippen molar-refractivity contribution in [3.63, 3.8) is 0 Å². The zero-order valence-corrected chi connectivity index (χ0v) is 10.4. The minimum absolute atomic E-state index is 0.272. The standard InChI is InChI=1S/C10H23NO2S/c1-4-11-9-10(3)7-6-8-14(12,13)5-2/h10-11H,4-9H2,1-3H3. The summed E-state index contributed by atoms with van der Waals surface area (Å²) in [6.45, 7) is 7.91. The zero-order chi connectivity index (χ0) is 11.0. The van der Waals surface area contributed by atoms with E-state index in [-0.39, 0.29) is 5.75 Å². The molecule has 0 aliphatic rings. The van der Waals surface area contributed by atoms with Crippen LogP contribution in [-0.2, 0) is 9.84 Å². The molecule has 0 bridgehead atoms. The summed E-state index contributed by atoms with van der Waals surface area (Å²) in [5.74, 6) is 1.19. The molecule has 0 aromatic carbocycles. The number of hydrogen-bond acceptors (Lipinski definition) is 3. The Morgan fingerprint density at radius 2 is 1.93 bits per heavy atom. The highest BCUT2D eigenvalue weighted by Crippen LogP contribution is 2.06. The Bertz CT molecular complexity index is 224. The van der Waals surface area contributed by atoms with E-state index < -0.39 is 9.84 Å². The summed E-state index contributed by atoms with van der Waals surface area (Å²) in [6.07, 6.45) is 1.79. The number of hydrogen-bond donors (Lipinski definition) is 1. The number of nitrogens with one attached hydrogen (secondary N) is 1. The van der Waals surface area contributed by atoms with Crippen molar-refractivity contribution < 1.29 is 8.42 Å². The minimum Gasteiger partial charge on any atom is -0.317 e. The molecule has 3 nitrogen and oxygen atoms in total. The van der Waals surface area contributed by atoms with E-state index in [2.05, 4.69) is 19.2 Å². The fraction of sp³-hybridized carbons (Fsp3) is 1.00. The molecule has 0 saturated carbocycles. The van der Waals surface area contributed by atoms with Gasteiger partial charge in [0.1, 0.15) is 9.84 Å². The van der Waals surface area contributed by atoms with E-state index >= 15 is 0 Å². The summed E-state index contributed by atoms with van der Waals surface area (Å²) in [7, 11) is -2.76. The molecule has 4 heteroatoms. The van der Waals surface area contributed by atoms with E-state index in [1.165, 1.54) is 0 Å². The Hall–Kier alpha value is -0.0900. The summed E-state index contributed by atoms with van der Waals surface area (Å²) >= 11 is 0. The van der Waals surface area contributed by atoms with Crippen molar-refractivity contribution >= 4 is 9.84 Å². The van der Waals surface area contributed by atoms with Crippen molar-refractivity contribution in [1.29, 1.82) is 0 Å². The normalized spacial score (nSPS) is 14.2. The van der Waals surface area contributed by atoms with Gasteiger partial charge >= 0.3 is 0 Å². The Morgan fingerprint density at radius 3 is 2.43 bits per heavy atom. The van der Waals surface area contributed by atoms with Crippen molar-refractivity contribution in [3.8, 4) is 0 Å². The van der Waals surface area contributed by atoms with Crippen LogP contribution in [0.4, 0.5) is 0 Å². The molecule has 0 rings (SSSR count). The van der Waals surface area contributed by atoms with Gasteiger partial charge in [-0.3, -0.25) is 0 Å². The van der Waals surface area contributed by atoms with E-state index in [0.29, 0.717) is 11.7 Å². The smallest absolute Gasteiger partial charge is 0.150 e. The summed E-state index contributed by atoms with van der Waals surface area (Å²) < 4.78 is 22.4. The highest BCUT2D eigenvalue weighted by Gasteiger charge is 2.08. The van der Waals surface area contributed by atoms with Gasteiger partial charge in [-0.15, -0.1) is 0 Å². The summed E-state index contributed by atoms with van der Waals surface area (Å²) in [5.41, 5.74) is 0. The van der Waals surface area contributed by atoms with Crippen LogP contribution >= 0.6 is 0 Å². The second kappa shape index (κ2) is 7.23. The molecule has 1 N–H and O–H groups in total. The third kappa shape index (κ3) is 7.33. The van der Waals surface area contributed by atoms with Gasteiger partial charge in [-0.1, -0.05) is 20.8 Å². The average Bonchev–Trinajstić information content (AvgIpc) is 2.14. The van der Waals surface area contributed by atoms with Crippen molar-refractivity contribution in [2.75, 3.05) is 24.6 Å². The maximum Gasteiger partial charge on any atom is 0.150 e.